The van der Waals surface area contributed by atoms with E-state index in [1.165, 1.54) is 11.3 Å². The van der Waals surface area contributed by atoms with E-state index < -0.39 is 0 Å². The Bertz CT molecular complexity index is 852. The third kappa shape index (κ3) is 3.38. The molecule has 23 heavy (non-hydrogen) atoms. The molecule has 1 aromatic carbocycles. The number of hydrogen-bond donors (Lipinski definition) is 0. The fourth-order valence-corrected chi connectivity index (χ4v) is 4.13. The minimum atomic E-state index is 0.101. The van der Waals surface area contributed by atoms with Crippen LogP contribution in [0.4, 0.5) is 0 Å². The van der Waals surface area contributed by atoms with Crippen LogP contribution in [-0.2, 0) is 6.42 Å². The Hall–Kier alpha value is -1.52. The molecule has 3 aromatic rings. The summed E-state index contributed by atoms with van der Waals surface area (Å²) in [6.45, 7) is 4.16. The quantitative estimate of drug-likeness (QED) is 0.506. The molecule has 2 aromatic heterocycles. The van der Waals surface area contributed by atoms with E-state index in [-0.39, 0.29) is 5.78 Å². The molecule has 0 amide bonds. The first kappa shape index (κ1) is 16.3. The third-order valence-electron chi connectivity index (χ3n) is 3.89. The summed E-state index contributed by atoms with van der Waals surface area (Å²) in [6.07, 6.45) is 3.13. The van der Waals surface area contributed by atoms with Crippen molar-refractivity contribution in [2.45, 2.75) is 33.1 Å². The number of benzene rings is 1. The fourth-order valence-electron chi connectivity index (χ4n) is 2.64. The van der Waals surface area contributed by atoms with E-state index in [4.69, 9.17) is 0 Å². The number of rotatable bonds is 5. The lowest BCUT2D eigenvalue weighted by atomic mass is 10.0. The van der Waals surface area contributed by atoms with Crippen LogP contribution in [0.1, 0.15) is 46.3 Å². The molecule has 0 aliphatic heterocycles. The highest BCUT2D eigenvalue weighted by Crippen LogP contribution is 2.33. The largest absolute Gasteiger partial charge is 0.288 e. The average molecular weight is 388 g/mol. The zero-order chi connectivity index (χ0) is 16.4. The van der Waals surface area contributed by atoms with Crippen molar-refractivity contribution in [3.63, 3.8) is 0 Å². The number of pyridine rings is 1. The van der Waals surface area contributed by atoms with Crippen molar-refractivity contribution in [1.29, 1.82) is 0 Å². The number of carbonyl (C=O) groups excluding carboxylic acids is 1. The molecule has 2 nitrogen and oxygen atoms in total. The topological polar surface area (TPSA) is 30.0 Å². The zero-order valence-corrected chi connectivity index (χ0v) is 15.6. The number of unbranched alkanes of at least 4 members (excludes halogenated alkanes) is 1. The van der Waals surface area contributed by atoms with Gasteiger partial charge < -0.3 is 0 Å². The number of aromatic nitrogens is 1. The molecule has 0 aliphatic rings. The first-order chi connectivity index (χ1) is 11.1. The van der Waals surface area contributed by atoms with E-state index in [2.05, 4.69) is 33.9 Å². The maximum absolute atomic E-state index is 13.0. The molecule has 0 fully saturated rings. The fraction of sp³-hybridized carbons (Fsp3) is 0.263. The predicted octanol–water partition coefficient (Wildman–Crippen LogP) is 5.94. The number of thiophene rings is 1. The highest BCUT2D eigenvalue weighted by molar-refractivity contribution is 9.10. The van der Waals surface area contributed by atoms with E-state index in [1.54, 1.807) is 0 Å². The molecule has 0 spiro atoms. The van der Waals surface area contributed by atoms with Crippen LogP contribution in [0.5, 0.6) is 0 Å². The summed E-state index contributed by atoms with van der Waals surface area (Å²) in [4.78, 5) is 19.4. The van der Waals surface area contributed by atoms with Crippen molar-refractivity contribution in [1.82, 2.24) is 4.98 Å². The van der Waals surface area contributed by atoms with Gasteiger partial charge in [-0.15, -0.1) is 11.3 Å². The number of hydrogen-bond acceptors (Lipinski definition) is 3. The Morgan fingerprint density at radius 3 is 2.61 bits per heavy atom. The molecule has 0 atom stereocenters. The first-order valence-electron chi connectivity index (χ1n) is 7.79. The van der Waals surface area contributed by atoms with Gasteiger partial charge in [-0.25, -0.2) is 4.98 Å². The van der Waals surface area contributed by atoms with Gasteiger partial charge in [0.1, 0.15) is 4.83 Å². The van der Waals surface area contributed by atoms with Gasteiger partial charge in [-0.1, -0.05) is 29.3 Å². The van der Waals surface area contributed by atoms with E-state index in [0.29, 0.717) is 0 Å². The number of halogens is 1. The van der Waals surface area contributed by atoms with Crippen LogP contribution >= 0.6 is 27.3 Å². The summed E-state index contributed by atoms with van der Waals surface area (Å²) < 4.78 is 0.980. The van der Waals surface area contributed by atoms with E-state index >= 15 is 0 Å². The van der Waals surface area contributed by atoms with Gasteiger partial charge in [-0.05, 0) is 61.7 Å². The number of aryl methyl sites for hydroxylation is 2. The summed E-state index contributed by atoms with van der Waals surface area (Å²) >= 11 is 4.94. The van der Waals surface area contributed by atoms with Crippen molar-refractivity contribution < 1.29 is 4.79 Å². The number of carbonyl (C=O) groups is 1. The number of fused-ring (bicyclic) bond motifs is 1. The molecule has 0 bridgehead atoms. The van der Waals surface area contributed by atoms with Crippen molar-refractivity contribution in [3.8, 4) is 0 Å². The zero-order valence-electron chi connectivity index (χ0n) is 13.2. The summed E-state index contributed by atoms with van der Waals surface area (Å²) in [6, 6.07) is 11.7. The summed E-state index contributed by atoms with van der Waals surface area (Å²) in [5.74, 6) is 0.101. The van der Waals surface area contributed by atoms with Gasteiger partial charge in [0.15, 0.2) is 0 Å². The van der Waals surface area contributed by atoms with Crippen molar-refractivity contribution in [3.05, 3.63) is 62.6 Å². The third-order valence-corrected chi connectivity index (χ3v) is 5.56. The summed E-state index contributed by atoms with van der Waals surface area (Å²) in [5, 5.41) is 1.13. The second-order valence-corrected chi connectivity index (χ2v) is 7.57. The predicted molar refractivity (Wildman–Crippen MR) is 101 cm³/mol. The van der Waals surface area contributed by atoms with Crippen molar-refractivity contribution in [2.75, 3.05) is 0 Å². The molecular weight excluding hydrogens is 370 g/mol. The van der Waals surface area contributed by atoms with Gasteiger partial charge in [0.05, 0.1) is 4.88 Å². The second kappa shape index (κ2) is 6.93. The lowest BCUT2D eigenvalue weighted by Gasteiger charge is -2.04. The highest BCUT2D eigenvalue weighted by Gasteiger charge is 2.20. The molecule has 118 valence electrons. The average Bonchev–Trinajstić information content (AvgIpc) is 2.90. The standard InChI is InChI=1S/C19H18BrNOS/c1-3-4-5-15-16-11-6-12(2)21-19(16)23-18(15)17(22)13-7-9-14(20)10-8-13/h6-11H,3-5H2,1-2H3. The Kier molecular flexibility index (Phi) is 4.93. The smallest absolute Gasteiger partial charge is 0.203 e. The summed E-state index contributed by atoms with van der Waals surface area (Å²) in [7, 11) is 0. The van der Waals surface area contributed by atoms with Crippen LogP contribution in [0.15, 0.2) is 40.9 Å². The van der Waals surface area contributed by atoms with Crippen LogP contribution in [0.3, 0.4) is 0 Å². The number of nitrogens with zero attached hydrogens (tertiary/aromatic N) is 1. The maximum atomic E-state index is 13.0. The molecular formula is C19H18BrNOS. The van der Waals surface area contributed by atoms with Crippen LogP contribution in [0.25, 0.3) is 10.2 Å². The first-order valence-corrected chi connectivity index (χ1v) is 9.40. The summed E-state index contributed by atoms with van der Waals surface area (Å²) in [5.41, 5.74) is 2.88. The van der Waals surface area contributed by atoms with Gasteiger partial charge in [0, 0.05) is 21.1 Å². The monoisotopic (exact) mass is 387 g/mol. The minimum Gasteiger partial charge on any atom is -0.288 e. The minimum absolute atomic E-state index is 0.101. The molecule has 0 radical (unpaired) electrons. The van der Waals surface area contributed by atoms with Crippen molar-refractivity contribution in [2.24, 2.45) is 0 Å². The Morgan fingerprint density at radius 1 is 1.17 bits per heavy atom. The molecule has 0 aliphatic carbocycles. The Labute approximate surface area is 148 Å². The van der Waals surface area contributed by atoms with E-state index in [1.807, 2.05) is 37.3 Å². The van der Waals surface area contributed by atoms with Crippen LogP contribution in [0, 0.1) is 6.92 Å². The van der Waals surface area contributed by atoms with Gasteiger partial charge in [-0.3, -0.25) is 4.79 Å². The lowest BCUT2D eigenvalue weighted by Crippen LogP contribution is -2.02. The Morgan fingerprint density at radius 2 is 1.91 bits per heavy atom. The number of ketones is 1. The molecule has 0 saturated heterocycles. The van der Waals surface area contributed by atoms with Crippen molar-refractivity contribution >= 4 is 43.3 Å². The molecule has 4 heteroatoms. The van der Waals surface area contributed by atoms with Gasteiger partial charge in [0.2, 0.25) is 5.78 Å². The van der Waals surface area contributed by atoms with Crippen LogP contribution in [-0.4, -0.2) is 10.8 Å². The Balaban J connectivity index is 2.10. The normalized spacial score (nSPS) is 11.1. The van der Waals surface area contributed by atoms with Gasteiger partial charge in [0.25, 0.3) is 0 Å². The SMILES string of the molecule is CCCCc1c(C(=O)c2ccc(Br)cc2)sc2nc(C)ccc12. The molecule has 3 rings (SSSR count). The molecule has 0 unspecified atom stereocenters. The molecule has 0 N–H and O–H groups in total. The lowest BCUT2D eigenvalue weighted by molar-refractivity contribution is 0.104. The van der Waals surface area contributed by atoms with Gasteiger partial charge >= 0.3 is 0 Å². The second-order valence-electron chi connectivity index (χ2n) is 5.65. The maximum Gasteiger partial charge on any atom is 0.203 e. The molecule has 2 heterocycles. The van der Waals surface area contributed by atoms with E-state index in [9.17, 15) is 4.79 Å². The highest BCUT2D eigenvalue weighted by atomic mass is 79.9. The molecule has 0 saturated carbocycles. The van der Waals surface area contributed by atoms with Gasteiger partial charge in [-0.2, -0.15) is 0 Å². The van der Waals surface area contributed by atoms with E-state index in [0.717, 1.165) is 55.6 Å². The van der Waals surface area contributed by atoms with Crippen LogP contribution < -0.4 is 0 Å². The van der Waals surface area contributed by atoms with Crippen LogP contribution in [0.2, 0.25) is 0 Å².